The van der Waals surface area contributed by atoms with Crippen LogP contribution in [0.15, 0.2) is 10.7 Å². The van der Waals surface area contributed by atoms with E-state index in [2.05, 4.69) is 14.7 Å². The van der Waals surface area contributed by atoms with E-state index in [4.69, 9.17) is 0 Å². The molecule has 1 aromatic heterocycles. The molecule has 144 valence electrons. The van der Waals surface area contributed by atoms with Crippen molar-refractivity contribution in [2.75, 3.05) is 32.7 Å². The second-order valence-electron chi connectivity index (χ2n) is 8.63. The number of nitrogens with zero attached hydrogens (tertiary/aromatic N) is 4. The Balaban J connectivity index is 1.31. The minimum atomic E-state index is -0.513. The molecule has 0 bridgehead atoms. The van der Waals surface area contributed by atoms with Crippen LogP contribution in [0.5, 0.6) is 5.95 Å². The fourth-order valence-corrected chi connectivity index (χ4v) is 5.26. The van der Waals surface area contributed by atoms with Gasteiger partial charge < -0.3 is 19.4 Å². The fourth-order valence-electron chi connectivity index (χ4n) is 5.26. The van der Waals surface area contributed by atoms with Gasteiger partial charge in [0.2, 0.25) is 6.20 Å². The summed E-state index contributed by atoms with van der Waals surface area (Å²) in [5.41, 5.74) is 0.265. The van der Waals surface area contributed by atoms with Gasteiger partial charge in [0.15, 0.2) is 0 Å². The van der Waals surface area contributed by atoms with Crippen molar-refractivity contribution >= 4 is 5.91 Å². The Hall–Kier alpha value is -1.63. The van der Waals surface area contributed by atoms with Gasteiger partial charge in [-0.05, 0) is 44.6 Å². The van der Waals surface area contributed by atoms with E-state index in [0.717, 1.165) is 32.0 Å². The zero-order valence-corrected chi connectivity index (χ0v) is 15.6. The van der Waals surface area contributed by atoms with Crippen LogP contribution in [0.3, 0.4) is 0 Å². The lowest BCUT2D eigenvalue weighted by atomic mass is 9.78. The lowest BCUT2D eigenvalue weighted by molar-refractivity contribution is -0.751. The first-order valence-electron chi connectivity index (χ1n) is 10.2. The Labute approximate surface area is 154 Å². The summed E-state index contributed by atoms with van der Waals surface area (Å²) in [6.07, 6.45) is 11.8. The van der Waals surface area contributed by atoms with Gasteiger partial charge in [0.25, 0.3) is 12.5 Å². The van der Waals surface area contributed by atoms with Crippen molar-refractivity contribution in [2.45, 2.75) is 57.9 Å². The fraction of sp³-hybridized carbons (Fsp3) is 0.842. The summed E-state index contributed by atoms with van der Waals surface area (Å²) >= 11 is 0. The number of likely N-dealkylation sites (tertiary alicyclic amines) is 2. The van der Waals surface area contributed by atoms with Crippen molar-refractivity contribution in [1.29, 1.82) is 0 Å². The van der Waals surface area contributed by atoms with Gasteiger partial charge in [-0.3, -0.25) is 4.79 Å². The molecule has 7 heteroatoms. The maximum atomic E-state index is 12.6. The maximum Gasteiger partial charge on any atom is 0.291 e. The Kier molecular flexibility index (Phi) is 5.16. The molecule has 0 aromatic carbocycles. The average molecular weight is 362 g/mol. The van der Waals surface area contributed by atoms with Crippen molar-refractivity contribution in [3.8, 4) is 5.95 Å². The Morgan fingerprint density at radius 1 is 1.23 bits per heavy atom. The zero-order chi connectivity index (χ0) is 18.0. The molecule has 2 saturated heterocycles. The summed E-state index contributed by atoms with van der Waals surface area (Å²) in [5, 5.41) is 14.6. The van der Waals surface area contributed by atoms with E-state index in [1.165, 1.54) is 68.9 Å². The van der Waals surface area contributed by atoms with E-state index in [-0.39, 0.29) is 17.9 Å². The summed E-state index contributed by atoms with van der Waals surface area (Å²) in [6.45, 7) is 5.35. The summed E-state index contributed by atoms with van der Waals surface area (Å²) in [5.74, 6) is 0.397. The second kappa shape index (κ2) is 7.55. The minimum absolute atomic E-state index is 0.0320. The van der Waals surface area contributed by atoms with Crippen LogP contribution in [-0.2, 0) is 11.3 Å². The Morgan fingerprint density at radius 2 is 2.08 bits per heavy atom. The highest BCUT2D eigenvalue weighted by atomic mass is 16.6. The largest absolute Gasteiger partial charge is 0.539 e. The number of rotatable bonds is 4. The van der Waals surface area contributed by atoms with Gasteiger partial charge in [-0.1, -0.05) is 23.9 Å². The lowest BCUT2D eigenvalue weighted by Gasteiger charge is -2.42. The number of aromatic nitrogens is 2. The van der Waals surface area contributed by atoms with E-state index < -0.39 is 5.95 Å². The van der Waals surface area contributed by atoms with E-state index in [0.29, 0.717) is 0 Å². The van der Waals surface area contributed by atoms with Gasteiger partial charge in [-0.2, -0.15) is 0 Å². The van der Waals surface area contributed by atoms with Crippen molar-refractivity contribution in [3.05, 3.63) is 6.20 Å². The monoisotopic (exact) mass is 362 g/mol. The number of hydrogen-bond donors (Lipinski definition) is 0. The quantitative estimate of drug-likeness (QED) is 0.745. The van der Waals surface area contributed by atoms with Crippen molar-refractivity contribution in [2.24, 2.45) is 11.3 Å². The highest BCUT2D eigenvalue weighted by Crippen LogP contribution is 2.39. The van der Waals surface area contributed by atoms with Crippen molar-refractivity contribution in [1.82, 2.24) is 15.1 Å². The molecule has 1 unspecified atom stereocenters. The Morgan fingerprint density at radius 3 is 2.85 bits per heavy atom. The smallest absolute Gasteiger partial charge is 0.291 e. The number of amides is 1. The SMILES string of the molecule is O=C(C[n+]1cc([O-])on1)N1CCC2(CCCN(CC3CCCCC3)C2)C1. The highest BCUT2D eigenvalue weighted by Gasteiger charge is 2.43. The molecule has 0 radical (unpaired) electrons. The van der Waals surface area contributed by atoms with Crippen molar-refractivity contribution in [3.63, 3.8) is 0 Å². The van der Waals surface area contributed by atoms with Crippen LogP contribution in [-0.4, -0.2) is 53.7 Å². The first-order valence-corrected chi connectivity index (χ1v) is 10.2. The molecule has 1 amide bonds. The van der Waals surface area contributed by atoms with Gasteiger partial charge >= 0.3 is 0 Å². The molecule has 2 aliphatic heterocycles. The van der Waals surface area contributed by atoms with Gasteiger partial charge in [0, 0.05) is 31.6 Å². The molecular weight excluding hydrogens is 332 g/mol. The van der Waals surface area contributed by atoms with Crippen LogP contribution in [0.4, 0.5) is 0 Å². The average Bonchev–Trinajstić information content (AvgIpc) is 3.22. The van der Waals surface area contributed by atoms with Crippen LogP contribution < -0.4 is 9.79 Å². The van der Waals surface area contributed by atoms with Gasteiger partial charge in [-0.15, -0.1) is 0 Å². The third-order valence-electron chi connectivity index (χ3n) is 6.56. The summed E-state index contributed by atoms with van der Waals surface area (Å²) in [6, 6.07) is 0. The molecule has 1 aromatic rings. The van der Waals surface area contributed by atoms with Gasteiger partial charge in [0.05, 0.1) is 5.27 Å². The molecule has 1 aliphatic carbocycles. The molecule has 7 nitrogen and oxygen atoms in total. The predicted octanol–water partition coefficient (Wildman–Crippen LogP) is 0.931. The molecule has 3 fully saturated rings. The lowest BCUT2D eigenvalue weighted by Crippen LogP contribution is -2.48. The third-order valence-corrected chi connectivity index (χ3v) is 6.56. The van der Waals surface area contributed by atoms with E-state index >= 15 is 0 Å². The number of carbonyl (C=O) groups excluding carboxylic acids is 1. The van der Waals surface area contributed by atoms with Crippen LogP contribution in [0.25, 0.3) is 0 Å². The van der Waals surface area contributed by atoms with Crippen molar-refractivity contribution < 1.29 is 19.1 Å². The van der Waals surface area contributed by atoms with E-state index in [1.807, 2.05) is 4.90 Å². The maximum absolute atomic E-state index is 12.6. The predicted molar refractivity (Wildman–Crippen MR) is 92.0 cm³/mol. The number of carbonyl (C=O) groups is 1. The molecule has 26 heavy (non-hydrogen) atoms. The van der Waals surface area contributed by atoms with Gasteiger partial charge in [-0.25, -0.2) is 0 Å². The second-order valence-corrected chi connectivity index (χ2v) is 8.63. The van der Waals surface area contributed by atoms with E-state index in [9.17, 15) is 9.90 Å². The number of hydrogen-bond acceptors (Lipinski definition) is 5. The molecule has 3 heterocycles. The summed E-state index contributed by atoms with van der Waals surface area (Å²) in [4.78, 5) is 17.2. The summed E-state index contributed by atoms with van der Waals surface area (Å²) < 4.78 is 5.80. The van der Waals surface area contributed by atoms with Crippen LogP contribution in [0, 0.1) is 11.3 Å². The molecular formula is C19H30N4O3. The Bertz CT molecular complexity index is 628. The standard InChI is InChI=1S/C19H30N4O3/c24-17(12-23-13-18(25)26-20-23)22-10-8-19(15-22)7-4-9-21(14-19)11-16-5-2-1-3-6-16/h13,16H,1-12,14-15H2. The highest BCUT2D eigenvalue weighted by molar-refractivity contribution is 5.75. The summed E-state index contributed by atoms with van der Waals surface area (Å²) in [7, 11) is 0. The first kappa shape index (κ1) is 17.8. The van der Waals surface area contributed by atoms with Gasteiger partial charge in [0.1, 0.15) is 5.95 Å². The number of piperidine rings is 1. The molecule has 1 saturated carbocycles. The van der Waals surface area contributed by atoms with E-state index in [1.54, 1.807) is 0 Å². The van der Waals surface area contributed by atoms with Crippen LogP contribution in [0.1, 0.15) is 51.4 Å². The molecule has 3 aliphatic rings. The molecule has 1 atom stereocenters. The molecule has 1 spiro atoms. The molecule has 4 rings (SSSR count). The minimum Gasteiger partial charge on any atom is -0.539 e. The molecule has 0 N–H and O–H groups in total. The normalized spacial score (nSPS) is 28.1. The topological polar surface area (TPSA) is 76.5 Å². The van der Waals surface area contributed by atoms with Crippen LogP contribution in [0.2, 0.25) is 0 Å². The third kappa shape index (κ3) is 4.03. The van der Waals surface area contributed by atoms with Crippen LogP contribution >= 0.6 is 0 Å². The first-order chi connectivity index (χ1) is 12.6. The zero-order valence-electron chi connectivity index (χ0n) is 15.6.